The van der Waals surface area contributed by atoms with Crippen LogP contribution in [0.4, 0.5) is 0 Å². The number of hydrogen-bond donors (Lipinski definition) is 12. The molecule has 0 spiro atoms. The second kappa shape index (κ2) is 61.8. The zero-order valence-corrected chi connectivity index (χ0v) is 62.0. The average Bonchev–Trinajstić information content (AvgIpc) is 0.755. The van der Waals surface area contributed by atoms with Crippen LogP contribution in [0.1, 0.15) is 239 Å². The SMILES string of the molecule is CC/C=C\C/C=C\C/C=C\C/C=C\C/C=C\C/C=C\C/C=C\C/C=C\C/C=C\CCCCCCCCCCCCCCCC(=O)NC(COC1OC(CO)C(OC2OC(CO)C(OC3OC(CO)C(O)C(O)C3O)C(O)C2O)C(O)C1O)C(O)/C=C/CC/C=C/CC/C=C/CCCCCCCC. The lowest BCUT2D eigenvalue weighted by atomic mass is 9.96. The van der Waals surface area contributed by atoms with Crippen molar-refractivity contribution in [2.75, 3.05) is 26.4 Å². The highest BCUT2D eigenvalue weighted by Crippen LogP contribution is 2.33. The first-order chi connectivity index (χ1) is 49.8. The minimum atomic E-state index is -1.99. The lowest BCUT2D eigenvalue weighted by molar-refractivity contribution is -0.379. The van der Waals surface area contributed by atoms with Crippen molar-refractivity contribution in [3.8, 4) is 0 Å². The Morgan fingerprint density at radius 1 is 0.363 bits per heavy atom. The van der Waals surface area contributed by atoms with Crippen molar-refractivity contribution in [2.24, 2.45) is 0 Å². The number of carbonyl (C=O) groups is 1. The Balaban J connectivity index is 1.33. The van der Waals surface area contributed by atoms with Crippen molar-refractivity contribution in [1.82, 2.24) is 5.32 Å². The monoisotopic (exact) mass is 1440 g/mol. The van der Waals surface area contributed by atoms with Crippen LogP contribution in [0.2, 0.25) is 0 Å². The Kier molecular flexibility index (Phi) is 55.7. The van der Waals surface area contributed by atoms with Crippen LogP contribution in [-0.4, -0.2) is 193 Å². The minimum absolute atomic E-state index is 0.222. The first-order valence-electron chi connectivity index (χ1n) is 39.1. The Morgan fingerprint density at radius 2 is 0.686 bits per heavy atom. The standard InChI is InChI=1S/C83H137NO18/c1-3-5-7-9-11-13-15-17-19-21-22-23-24-25-26-27-28-29-30-31-32-33-34-35-36-37-38-39-40-41-42-43-44-45-47-49-51-53-55-57-59-61-71(89)84-66(67(88)60-58-56-54-52-50-48-46-20-18-16-14-12-10-8-6-4-2)65-97-81-77(95)74(92)79(69(63-86)99-81)102-83-78(96)75(93)80(70(64-87)100-83)101-82-76(94)73(91)72(90)68(62-85)98-82/h5,7,11,13,17-20,22-23,25-26,28-29,31-32,34-35,37-38,50,52,58,60,66-70,72-83,85-88,90-96H,3-4,6,8-10,12,14-16,21,24,27,30,33,36,39-49,51,53-57,59,61-65H2,1-2H3,(H,84,89)/b7-5-,13-11-,19-17-,20-18+,23-22-,26-25-,29-28-,32-31-,35-34-,38-37-,52-50+,60-58+. The highest BCUT2D eigenvalue weighted by atomic mass is 16.8. The number of rotatable bonds is 59. The van der Waals surface area contributed by atoms with E-state index in [2.05, 4.69) is 153 Å². The fraction of sp³-hybridized carbons (Fsp3) is 0.699. The lowest BCUT2D eigenvalue weighted by Crippen LogP contribution is -2.66. The molecule has 17 atom stereocenters. The van der Waals surface area contributed by atoms with Gasteiger partial charge in [0.2, 0.25) is 5.91 Å². The van der Waals surface area contributed by atoms with Gasteiger partial charge in [-0.25, -0.2) is 0 Å². The number of aliphatic hydroxyl groups excluding tert-OH is 11. The summed E-state index contributed by atoms with van der Waals surface area (Å²) in [5, 5.41) is 121. The molecule has 0 bridgehead atoms. The van der Waals surface area contributed by atoms with Crippen molar-refractivity contribution < 1.29 is 89.4 Å². The molecule has 3 saturated heterocycles. The van der Waals surface area contributed by atoms with Crippen molar-refractivity contribution in [1.29, 1.82) is 0 Å². The summed E-state index contributed by atoms with van der Waals surface area (Å²) >= 11 is 0. The molecule has 3 rings (SSSR count). The van der Waals surface area contributed by atoms with E-state index in [0.717, 1.165) is 116 Å². The van der Waals surface area contributed by atoms with E-state index < -0.39 is 124 Å². The van der Waals surface area contributed by atoms with Gasteiger partial charge >= 0.3 is 0 Å². The predicted molar refractivity (Wildman–Crippen MR) is 406 cm³/mol. The molecule has 17 unspecified atom stereocenters. The van der Waals surface area contributed by atoms with Crippen molar-refractivity contribution in [3.63, 3.8) is 0 Å². The van der Waals surface area contributed by atoms with E-state index in [0.29, 0.717) is 12.8 Å². The van der Waals surface area contributed by atoms with Gasteiger partial charge < -0.3 is 89.9 Å². The van der Waals surface area contributed by atoms with E-state index in [1.165, 1.54) is 89.9 Å². The fourth-order valence-electron chi connectivity index (χ4n) is 12.1. The third-order valence-electron chi connectivity index (χ3n) is 18.3. The van der Waals surface area contributed by atoms with Crippen LogP contribution in [-0.2, 0) is 33.2 Å². The van der Waals surface area contributed by atoms with Crippen LogP contribution in [0, 0.1) is 0 Å². The van der Waals surface area contributed by atoms with E-state index in [1.54, 1.807) is 6.08 Å². The summed E-state index contributed by atoms with van der Waals surface area (Å²) in [5.41, 5.74) is 0. The van der Waals surface area contributed by atoms with Crippen LogP contribution in [0.25, 0.3) is 0 Å². The summed E-state index contributed by atoms with van der Waals surface area (Å²) in [7, 11) is 0. The molecule has 3 fully saturated rings. The van der Waals surface area contributed by atoms with Crippen LogP contribution < -0.4 is 5.32 Å². The molecule has 1 amide bonds. The molecular weight excluding hydrogens is 1300 g/mol. The number of ether oxygens (including phenoxy) is 6. The molecule has 0 saturated carbocycles. The van der Waals surface area contributed by atoms with Gasteiger partial charge in [0, 0.05) is 6.42 Å². The van der Waals surface area contributed by atoms with E-state index in [1.807, 2.05) is 6.08 Å². The maximum Gasteiger partial charge on any atom is 0.220 e. The summed E-state index contributed by atoms with van der Waals surface area (Å²) < 4.78 is 34.3. The Hall–Kier alpha value is -4.33. The number of hydrogen-bond acceptors (Lipinski definition) is 18. The normalized spacial score (nSPS) is 27.0. The Morgan fingerprint density at radius 3 is 1.10 bits per heavy atom. The van der Waals surface area contributed by atoms with Crippen LogP contribution in [0.15, 0.2) is 146 Å². The number of unbranched alkanes of at least 4 members (excludes halogenated alkanes) is 21. The topological polar surface area (TPSA) is 307 Å². The summed E-state index contributed by atoms with van der Waals surface area (Å²) in [4.78, 5) is 13.4. The van der Waals surface area contributed by atoms with Gasteiger partial charge in [-0.3, -0.25) is 4.79 Å². The second-order valence-corrected chi connectivity index (χ2v) is 27.1. The zero-order valence-electron chi connectivity index (χ0n) is 62.0. The largest absolute Gasteiger partial charge is 0.394 e. The van der Waals surface area contributed by atoms with Crippen LogP contribution >= 0.6 is 0 Å². The molecule has 102 heavy (non-hydrogen) atoms. The molecule has 0 aliphatic carbocycles. The summed E-state index contributed by atoms with van der Waals surface area (Å²) in [6, 6.07) is -1.01. The van der Waals surface area contributed by atoms with Gasteiger partial charge in [-0.2, -0.15) is 0 Å². The number of allylic oxidation sites excluding steroid dienone is 23. The van der Waals surface area contributed by atoms with Crippen LogP contribution in [0.5, 0.6) is 0 Å². The average molecular weight is 1440 g/mol. The number of amides is 1. The third kappa shape index (κ3) is 41.5. The summed E-state index contributed by atoms with van der Waals surface area (Å²) in [6.07, 6.45) is 62.7. The molecule has 0 aromatic carbocycles. The Labute approximate surface area is 613 Å². The Bertz CT molecular complexity index is 2410. The van der Waals surface area contributed by atoms with E-state index in [9.17, 15) is 61.0 Å². The molecule has 3 heterocycles. The van der Waals surface area contributed by atoms with E-state index >= 15 is 0 Å². The third-order valence-corrected chi connectivity index (χ3v) is 18.3. The molecule has 19 nitrogen and oxygen atoms in total. The van der Waals surface area contributed by atoms with E-state index in [4.69, 9.17) is 28.4 Å². The van der Waals surface area contributed by atoms with Crippen molar-refractivity contribution >= 4 is 5.91 Å². The van der Waals surface area contributed by atoms with Gasteiger partial charge in [0.05, 0.1) is 38.6 Å². The lowest BCUT2D eigenvalue weighted by Gasteiger charge is -2.48. The first-order valence-corrected chi connectivity index (χ1v) is 39.1. The van der Waals surface area contributed by atoms with Gasteiger partial charge in [-0.15, -0.1) is 0 Å². The van der Waals surface area contributed by atoms with Gasteiger partial charge in [-0.05, 0) is 116 Å². The second-order valence-electron chi connectivity index (χ2n) is 27.1. The fourth-order valence-corrected chi connectivity index (χ4v) is 12.1. The van der Waals surface area contributed by atoms with Gasteiger partial charge in [-0.1, -0.05) is 262 Å². The van der Waals surface area contributed by atoms with Crippen molar-refractivity contribution in [2.45, 2.75) is 343 Å². The highest BCUT2D eigenvalue weighted by molar-refractivity contribution is 5.76. The molecule has 3 aliphatic heterocycles. The summed E-state index contributed by atoms with van der Waals surface area (Å²) in [5.74, 6) is -0.297. The molecule has 0 aromatic rings. The molecule has 12 N–H and O–H groups in total. The number of carbonyl (C=O) groups excluding carboxylic acids is 1. The first kappa shape index (κ1) is 91.9. The zero-order chi connectivity index (χ0) is 73.9. The molecule has 0 radical (unpaired) electrons. The minimum Gasteiger partial charge on any atom is -0.394 e. The van der Waals surface area contributed by atoms with Gasteiger partial charge in [0.1, 0.15) is 73.2 Å². The quantitative estimate of drug-likeness (QED) is 0.0199. The highest BCUT2D eigenvalue weighted by Gasteiger charge is 2.53. The van der Waals surface area contributed by atoms with E-state index in [-0.39, 0.29) is 18.9 Å². The molecular formula is C83H137NO18. The molecule has 582 valence electrons. The smallest absolute Gasteiger partial charge is 0.220 e. The number of aliphatic hydroxyl groups is 11. The van der Waals surface area contributed by atoms with Crippen LogP contribution in [0.3, 0.4) is 0 Å². The number of nitrogens with one attached hydrogen (secondary N) is 1. The van der Waals surface area contributed by atoms with Gasteiger partial charge in [0.15, 0.2) is 18.9 Å². The maximum atomic E-state index is 13.4. The predicted octanol–water partition coefficient (Wildman–Crippen LogP) is 12.7. The molecule has 3 aliphatic rings. The summed E-state index contributed by atoms with van der Waals surface area (Å²) in [6.45, 7) is 1.56. The van der Waals surface area contributed by atoms with Crippen molar-refractivity contribution in [3.05, 3.63) is 146 Å². The van der Waals surface area contributed by atoms with Gasteiger partial charge in [0.25, 0.3) is 0 Å². The maximum absolute atomic E-state index is 13.4. The molecule has 0 aromatic heterocycles. The molecule has 19 heteroatoms.